The number of nitrogens with zero attached hydrogens (tertiary/aromatic N) is 4. The highest BCUT2D eigenvalue weighted by atomic mass is 32.1. The zero-order valence-corrected chi connectivity index (χ0v) is 11.5. The third kappa shape index (κ3) is 3.88. The van der Waals surface area contributed by atoms with E-state index in [-0.39, 0.29) is 6.61 Å². The zero-order chi connectivity index (χ0) is 12.8. The maximum absolute atomic E-state index is 8.61. The summed E-state index contributed by atoms with van der Waals surface area (Å²) in [6.45, 7) is 8.13. The Morgan fingerprint density at radius 2 is 2.06 bits per heavy atom. The smallest absolute Gasteiger partial charge is 0.205 e. The Morgan fingerprint density at radius 3 is 2.67 bits per heavy atom. The van der Waals surface area contributed by atoms with E-state index in [0.717, 1.165) is 43.7 Å². The number of ether oxygens (including phenoxy) is 1. The van der Waals surface area contributed by atoms with E-state index in [1.54, 1.807) is 0 Å². The fraction of sp³-hybridized carbons (Fsp3) is 0.818. The first-order valence-corrected chi connectivity index (χ1v) is 7.03. The number of anilines is 1. The number of hydrogen-bond acceptors (Lipinski definition) is 7. The van der Waals surface area contributed by atoms with Gasteiger partial charge in [-0.05, 0) is 6.92 Å². The highest BCUT2D eigenvalue weighted by molar-refractivity contribution is 7.09. The lowest BCUT2D eigenvalue weighted by Gasteiger charge is -2.34. The predicted octanol–water partition coefficient (Wildman–Crippen LogP) is -0.0226. The molecule has 18 heavy (non-hydrogen) atoms. The van der Waals surface area contributed by atoms with Gasteiger partial charge in [-0.15, -0.1) is 0 Å². The lowest BCUT2D eigenvalue weighted by Crippen LogP contribution is -2.47. The lowest BCUT2D eigenvalue weighted by molar-refractivity contribution is 0.0724. The van der Waals surface area contributed by atoms with Gasteiger partial charge >= 0.3 is 0 Å². The molecular weight excluding hydrogens is 252 g/mol. The van der Waals surface area contributed by atoms with Crippen LogP contribution in [0.5, 0.6) is 0 Å². The molecule has 6 nitrogen and oxygen atoms in total. The van der Waals surface area contributed by atoms with Gasteiger partial charge in [0.05, 0.1) is 19.8 Å². The van der Waals surface area contributed by atoms with Crippen LogP contribution < -0.4 is 4.90 Å². The number of piperazine rings is 1. The van der Waals surface area contributed by atoms with Gasteiger partial charge in [-0.2, -0.15) is 4.37 Å². The quantitative estimate of drug-likeness (QED) is 0.734. The molecule has 0 atom stereocenters. The molecule has 1 aromatic heterocycles. The maximum atomic E-state index is 8.61. The van der Waals surface area contributed by atoms with Crippen molar-refractivity contribution in [1.82, 2.24) is 14.3 Å². The molecule has 1 fully saturated rings. The van der Waals surface area contributed by atoms with Crippen LogP contribution in [0.3, 0.4) is 0 Å². The van der Waals surface area contributed by atoms with Crippen molar-refractivity contribution < 1.29 is 9.84 Å². The second-order valence-corrected chi connectivity index (χ2v) is 5.02. The first kappa shape index (κ1) is 13.7. The topological polar surface area (TPSA) is 61.7 Å². The molecule has 2 rings (SSSR count). The molecule has 1 aliphatic rings. The molecule has 0 unspecified atom stereocenters. The number of aromatic nitrogens is 2. The summed E-state index contributed by atoms with van der Waals surface area (Å²) in [6, 6.07) is 0. The largest absolute Gasteiger partial charge is 0.394 e. The van der Waals surface area contributed by atoms with Crippen LogP contribution in [0.25, 0.3) is 0 Å². The minimum atomic E-state index is 0.101. The normalized spacial score (nSPS) is 17.3. The average molecular weight is 272 g/mol. The molecule has 0 aliphatic carbocycles. The molecule has 7 heteroatoms. The van der Waals surface area contributed by atoms with Gasteiger partial charge in [-0.3, -0.25) is 4.90 Å². The Labute approximate surface area is 111 Å². The second kappa shape index (κ2) is 6.98. The molecule has 0 saturated carbocycles. The summed E-state index contributed by atoms with van der Waals surface area (Å²) in [5.74, 6) is 0.856. The zero-order valence-electron chi connectivity index (χ0n) is 10.7. The third-order valence-corrected chi connectivity index (χ3v) is 3.82. The van der Waals surface area contributed by atoms with Crippen molar-refractivity contribution in [3.05, 3.63) is 5.82 Å². The predicted molar refractivity (Wildman–Crippen MR) is 71.2 cm³/mol. The minimum Gasteiger partial charge on any atom is -0.394 e. The summed E-state index contributed by atoms with van der Waals surface area (Å²) in [5.41, 5.74) is 0. The van der Waals surface area contributed by atoms with Crippen LogP contribution in [0.15, 0.2) is 0 Å². The van der Waals surface area contributed by atoms with Crippen molar-refractivity contribution in [2.24, 2.45) is 0 Å². The fourth-order valence-electron chi connectivity index (χ4n) is 1.94. The number of aryl methyl sites for hydroxylation is 1. The first-order valence-electron chi connectivity index (χ1n) is 6.26. The summed E-state index contributed by atoms with van der Waals surface area (Å²) in [6.07, 6.45) is 0. The van der Waals surface area contributed by atoms with Crippen molar-refractivity contribution in [3.63, 3.8) is 0 Å². The molecule has 0 amide bonds. The van der Waals surface area contributed by atoms with Crippen molar-refractivity contribution >= 4 is 16.7 Å². The van der Waals surface area contributed by atoms with E-state index >= 15 is 0 Å². The highest BCUT2D eigenvalue weighted by Gasteiger charge is 2.19. The monoisotopic (exact) mass is 272 g/mol. The Hall–Kier alpha value is -0.760. The van der Waals surface area contributed by atoms with Crippen molar-refractivity contribution in [2.75, 3.05) is 57.4 Å². The number of aliphatic hydroxyl groups is 1. The first-order chi connectivity index (χ1) is 8.79. The number of rotatable bonds is 6. The van der Waals surface area contributed by atoms with E-state index in [9.17, 15) is 0 Å². The maximum Gasteiger partial charge on any atom is 0.205 e. The van der Waals surface area contributed by atoms with Crippen LogP contribution in [0.4, 0.5) is 5.13 Å². The molecule has 1 N–H and O–H groups in total. The SMILES string of the molecule is Cc1nsc(N2CCN(CCOCCO)CC2)n1. The van der Waals surface area contributed by atoms with E-state index in [1.165, 1.54) is 11.5 Å². The Kier molecular flexibility index (Phi) is 5.30. The van der Waals surface area contributed by atoms with Crippen LogP contribution in [-0.2, 0) is 4.74 Å². The second-order valence-electron chi connectivity index (χ2n) is 4.29. The van der Waals surface area contributed by atoms with Crippen molar-refractivity contribution in [3.8, 4) is 0 Å². The van der Waals surface area contributed by atoms with Gasteiger partial charge in [0, 0.05) is 44.3 Å². The fourth-order valence-corrected chi connectivity index (χ4v) is 2.66. The highest BCUT2D eigenvalue weighted by Crippen LogP contribution is 2.18. The molecule has 102 valence electrons. The van der Waals surface area contributed by atoms with Crippen LogP contribution in [-0.4, -0.2) is 71.9 Å². The average Bonchev–Trinajstić information content (AvgIpc) is 2.82. The number of aliphatic hydroxyl groups excluding tert-OH is 1. The van der Waals surface area contributed by atoms with Crippen molar-refractivity contribution in [2.45, 2.75) is 6.92 Å². The summed E-state index contributed by atoms with van der Waals surface area (Å²) < 4.78 is 9.49. The molecule has 2 heterocycles. The lowest BCUT2D eigenvalue weighted by atomic mass is 10.3. The molecular formula is C11H20N4O2S. The summed E-state index contributed by atoms with van der Waals surface area (Å²) in [4.78, 5) is 9.07. The van der Waals surface area contributed by atoms with Gasteiger partial charge in [0.2, 0.25) is 5.13 Å². The summed E-state index contributed by atoms with van der Waals surface area (Å²) >= 11 is 1.48. The summed E-state index contributed by atoms with van der Waals surface area (Å²) in [5, 5.41) is 9.64. The standard InChI is InChI=1S/C11H20N4O2S/c1-10-12-11(18-13-10)15-4-2-14(3-5-15)6-8-17-9-7-16/h16H,2-9H2,1H3. The molecule has 1 saturated heterocycles. The van der Waals surface area contributed by atoms with E-state index in [0.29, 0.717) is 13.2 Å². The number of hydrogen-bond donors (Lipinski definition) is 1. The Balaban J connectivity index is 1.68. The van der Waals surface area contributed by atoms with E-state index in [1.807, 2.05) is 6.92 Å². The molecule has 0 bridgehead atoms. The van der Waals surface area contributed by atoms with Gasteiger partial charge in [0.15, 0.2) is 0 Å². The Bertz CT molecular complexity index is 353. The van der Waals surface area contributed by atoms with Crippen LogP contribution in [0.1, 0.15) is 5.82 Å². The molecule has 0 aromatic carbocycles. The van der Waals surface area contributed by atoms with E-state index < -0.39 is 0 Å². The molecule has 1 aliphatic heterocycles. The van der Waals surface area contributed by atoms with Crippen LogP contribution >= 0.6 is 11.5 Å². The van der Waals surface area contributed by atoms with Gasteiger partial charge < -0.3 is 14.7 Å². The van der Waals surface area contributed by atoms with Gasteiger partial charge in [-0.1, -0.05) is 0 Å². The van der Waals surface area contributed by atoms with Crippen LogP contribution in [0, 0.1) is 6.92 Å². The van der Waals surface area contributed by atoms with Crippen LogP contribution in [0.2, 0.25) is 0 Å². The molecule has 0 spiro atoms. The molecule has 1 aromatic rings. The third-order valence-electron chi connectivity index (χ3n) is 2.95. The van der Waals surface area contributed by atoms with E-state index in [2.05, 4.69) is 19.2 Å². The van der Waals surface area contributed by atoms with Crippen molar-refractivity contribution in [1.29, 1.82) is 0 Å². The van der Waals surface area contributed by atoms with Gasteiger partial charge in [0.25, 0.3) is 0 Å². The van der Waals surface area contributed by atoms with Gasteiger partial charge in [-0.25, -0.2) is 4.98 Å². The summed E-state index contributed by atoms with van der Waals surface area (Å²) in [7, 11) is 0. The van der Waals surface area contributed by atoms with Gasteiger partial charge in [0.1, 0.15) is 5.82 Å². The Morgan fingerprint density at radius 1 is 1.28 bits per heavy atom. The molecule has 0 radical (unpaired) electrons. The van der Waals surface area contributed by atoms with E-state index in [4.69, 9.17) is 9.84 Å². The minimum absolute atomic E-state index is 0.101.